The van der Waals surface area contributed by atoms with Gasteiger partial charge in [-0.3, -0.25) is 0 Å². The number of hydrogen-bond acceptors (Lipinski definition) is 0. The highest BCUT2D eigenvalue weighted by Gasteiger charge is 2.23. The smallest absolute Gasteiger partial charge is 0.0386 e. The van der Waals surface area contributed by atoms with Gasteiger partial charge in [-0.25, -0.2) is 0 Å². The zero-order valence-corrected chi connectivity index (χ0v) is 13.1. The van der Waals surface area contributed by atoms with Gasteiger partial charge in [0.2, 0.25) is 0 Å². The monoisotopic (exact) mass is 252 g/mol. The number of hydrogen-bond donors (Lipinski definition) is 0. The molecule has 0 aliphatic heterocycles. The summed E-state index contributed by atoms with van der Waals surface area (Å²) in [6.45, 7) is 4.64. The van der Waals surface area contributed by atoms with Crippen molar-refractivity contribution in [3.63, 3.8) is 0 Å². The van der Waals surface area contributed by atoms with Crippen LogP contribution in [-0.2, 0) is 0 Å². The second-order valence-electron chi connectivity index (χ2n) is 6.50. The molecule has 2 atom stereocenters. The Bertz CT molecular complexity index is 173. The van der Waals surface area contributed by atoms with Crippen molar-refractivity contribution in [1.82, 2.24) is 0 Å². The van der Waals surface area contributed by atoms with E-state index >= 15 is 0 Å². The Labute approximate surface area is 116 Å². The molecule has 18 heavy (non-hydrogen) atoms. The third-order valence-corrected chi connectivity index (χ3v) is 4.92. The molecule has 0 radical (unpaired) electrons. The molecule has 1 aliphatic rings. The molecule has 0 spiro atoms. The highest BCUT2D eigenvalue weighted by Crippen LogP contribution is 2.36. The van der Waals surface area contributed by atoms with Gasteiger partial charge >= 0.3 is 0 Å². The average Bonchev–Trinajstić information content (AvgIpc) is 2.40. The molecule has 0 heterocycles. The Hall–Kier alpha value is 0. The molecule has 0 amide bonds. The van der Waals surface area contributed by atoms with Crippen LogP contribution in [0.1, 0.15) is 104 Å². The topological polar surface area (TPSA) is 0 Å². The van der Waals surface area contributed by atoms with E-state index in [1.54, 1.807) is 19.3 Å². The molecule has 0 bridgehead atoms. The molecule has 1 saturated carbocycles. The maximum atomic E-state index is 2.33. The molecule has 108 valence electrons. The van der Waals surface area contributed by atoms with Crippen molar-refractivity contribution in [2.45, 2.75) is 104 Å². The Morgan fingerprint density at radius 2 is 1.06 bits per heavy atom. The molecule has 2 unspecified atom stereocenters. The van der Waals surface area contributed by atoms with Crippen LogP contribution in [0.4, 0.5) is 0 Å². The quantitative estimate of drug-likeness (QED) is 0.378. The van der Waals surface area contributed by atoms with E-state index in [0.717, 1.165) is 11.8 Å². The van der Waals surface area contributed by atoms with E-state index in [1.165, 1.54) is 70.6 Å². The summed E-state index contributed by atoms with van der Waals surface area (Å²) in [4.78, 5) is 0. The molecule has 0 N–H and O–H groups in total. The molecule has 1 fully saturated rings. The lowest BCUT2D eigenvalue weighted by molar-refractivity contribution is 0.202. The van der Waals surface area contributed by atoms with Gasteiger partial charge in [0.1, 0.15) is 0 Å². The van der Waals surface area contributed by atoms with Crippen LogP contribution < -0.4 is 0 Å². The molecule has 1 aliphatic carbocycles. The predicted octanol–water partition coefficient (Wildman–Crippen LogP) is 6.73. The fourth-order valence-electron chi connectivity index (χ4n) is 3.71. The molecule has 0 nitrogen and oxygen atoms in total. The largest absolute Gasteiger partial charge is 0.0654 e. The standard InChI is InChI=1S/C18H36/c1-3-5-7-8-10-14-18-16-12-11-15-17(18)13-9-6-4-2/h17-18H,3-16H2,1-2H3. The molecule has 0 saturated heterocycles. The fraction of sp³-hybridized carbons (Fsp3) is 1.00. The van der Waals surface area contributed by atoms with Crippen LogP contribution >= 0.6 is 0 Å². The Morgan fingerprint density at radius 1 is 0.611 bits per heavy atom. The summed E-state index contributed by atoms with van der Waals surface area (Å²) < 4.78 is 0. The molecule has 0 aromatic carbocycles. The molecular weight excluding hydrogens is 216 g/mol. The van der Waals surface area contributed by atoms with Crippen LogP contribution in [-0.4, -0.2) is 0 Å². The minimum atomic E-state index is 1.09. The van der Waals surface area contributed by atoms with Crippen LogP contribution in [0.5, 0.6) is 0 Å². The van der Waals surface area contributed by atoms with Crippen molar-refractivity contribution < 1.29 is 0 Å². The minimum absolute atomic E-state index is 1.09. The summed E-state index contributed by atoms with van der Waals surface area (Å²) in [6.07, 6.45) is 20.8. The zero-order valence-electron chi connectivity index (χ0n) is 13.1. The van der Waals surface area contributed by atoms with Crippen LogP contribution in [0.2, 0.25) is 0 Å². The highest BCUT2D eigenvalue weighted by atomic mass is 14.3. The third-order valence-electron chi connectivity index (χ3n) is 4.92. The Balaban J connectivity index is 2.13. The Morgan fingerprint density at radius 3 is 1.61 bits per heavy atom. The summed E-state index contributed by atoms with van der Waals surface area (Å²) in [5.74, 6) is 2.19. The van der Waals surface area contributed by atoms with Gasteiger partial charge in [-0.2, -0.15) is 0 Å². The van der Waals surface area contributed by atoms with Crippen molar-refractivity contribution in [2.24, 2.45) is 11.8 Å². The van der Waals surface area contributed by atoms with Gasteiger partial charge < -0.3 is 0 Å². The van der Waals surface area contributed by atoms with Crippen molar-refractivity contribution in [1.29, 1.82) is 0 Å². The fourth-order valence-corrected chi connectivity index (χ4v) is 3.71. The van der Waals surface area contributed by atoms with Gasteiger partial charge in [0.25, 0.3) is 0 Å². The zero-order chi connectivity index (χ0) is 13.1. The first-order valence-electron chi connectivity index (χ1n) is 8.88. The lowest BCUT2D eigenvalue weighted by Gasteiger charge is -2.32. The van der Waals surface area contributed by atoms with E-state index in [1.807, 2.05) is 0 Å². The molecule has 0 aromatic rings. The van der Waals surface area contributed by atoms with E-state index in [9.17, 15) is 0 Å². The molecular formula is C18H36. The second kappa shape index (κ2) is 10.9. The highest BCUT2D eigenvalue weighted by molar-refractivity contribution is 4.75. The lowest BCUT2D eigenvalue weighted by atomic mass is 9.74. The van der Waals surface area contributed by atoms with E-state index in [0.29, 0.717) is 0 Å². The van der Waals surface area contributed by atoms with Crippen LogP contribution in [0.15, 0.2) is 0 Å². The molecule has 1 rings (SSSR count). The van der Waals surface area contributed by atoms with Crippen LogP contribution in [0, 0.1) is 11.8 Å². The molecule has 0 heteroatoms. The van der Waals surface area contributed by atoms with E-state index in [-0.39, 0.29) is 0 Å². The Kier molecular flexibility index (Phi) is 9.70. The third kappa shape index (κ3) is 6.81. The summed E-state index contributed by atoms with van der Waals surface area (Å²) in [7, 11) is 0. The summed E-state index contributed by atoms with van der Waals surface area (Å²) in [6, 6.07) is 0. The lowest BCUT2D eigenvalue weighted by Crippen LogP contribution is -2.19. The predicted molar refractivity (Wildman–Crippen MR) is 83.0 cm³/mol. The number of unbranched alkanes of at least 4 members (excludes halogenated alkanes) is 6. The van der Waals surface area contributed by atoms with Crippen LogP contribution in [0.25, 0.3) is 0 Å². The van der Waals surface area contributed by atoms with Gasteiger partial charge in [-0.1, -0.05) is 104 Å². The summed E-state index contributed by atoms with van der Waals surface area (Å²) in [5, 5.41) is 0. The van der Waals surface area contributed by atoms with Crippen molar-refractivity contribution in [3.05, 3.63) is 0 Å². The normalized spacial score (nSPS) is 24.3. The first-order valence-corrected chi connectivity index (χ1v) is 8.88. The van der Waals surface area contributed by atoms with Gasteiger partial charge in [0.15, 0.2) is 0 Å². The van der Waals surface area contributed by atoms with Gasteiger partial charge in [-0.05, 0) is 11.8 Å². The van der Waals surface area contributed by atoms with Crippen molar-refractivity contribution >= 4 is 0 Å². The maximum Gasteiger partial charge on any atom is -0.0386 e. The van der Waals surface area contributed by atoms with E-state index in [2.05, 4.69) is 13.8 Å². The van der Waals surface area contributed by atoms with Crippen LogP contribution in [0.3, 0.4) is 0 Å². The minimum Gasteiger partial charge on any atom is -0.0654 e. The maximum absolute atomic E-state index is 2.33. The summed E-state index contributed by atoms with van der Waals surface area (Å²) in [5.41, 5.74) is 0. The van der Waals surface area contributed by atoms with Gasteiger partial charge in [0, 0.05) is 0 Å². The van der Waals surface area contributed by atoms with Gasteiger partial charge in [0.05, 0.1) is 0 Å². The van der Waals surface area contributed by atoms with Crippen molar-refractivity contribution in [3.8, 4) is 0 Å². The SMILES string of the molecule is CCCCCCCC1CCCCC1CCCCC. The van der Waals surface area contributed by atoms with E-state index < -0.39 is 0 Å². The first-order chi connectivity index (χ1) is 8.88. The van der Waals surface area contributed by atoms with Gasteiger partial charge in [-0.15, -0.1) is 0 Å². The average molecular weight is 252 g/mol. The summed E-state index contributed by atoms with van der Waals surface area (Å²) >= 11 is 0. The van der Waals surface area contributed by atoms with Crippen molar-refractivity contribution in [2.75, 3.05) is 0 Å². The second-order valence-corrected chi connectivity index (χ2v) is 6.50. The number of rotatable bonds is 10. The van der Waals surface area contributed by atoms with E-state index in [4.69, 9.17) is 0 Å². The first kappa shape index (κ1) is 16.1. The molecule has 0 aromatic heterocycles.